The molecule has 0 atom stereocenters. The predicted octanol–water partition coefficient (Wildman–Crippen LogP) is 2.58. The fourth-order valence-electron chi connectivity index (χ4n) is 3.23. The molecule has 0 radical (unpaired) electrons. The van der Waals surface area contributed by atoms with Gasteiger partial charge in [0.05, 0.1) is 6.61 Å². The molecule has 1 aliphatic carbocycles. The molecule has 0 saturated heterocycles. The number of rotatable bonds is 4. The average Bonchev–Trinajstić information content (AvgIpc) is 2.41. The van der Waals surface area contributed by atoms with Crippen LogP contribution in [0.2, 0.25) is 0 Å². The third kappa shape index (κ3) is 2.16. The van der Waals surface area contributed by atoms with Crippen LogP contribution in [0.5, 0.6) is 5.75 Å². The highest BCUT2D eigenvalue weighted by Gasteiger charge is 2.43. The molecule has 1 fully saturated rings. The molecular weight excluding hydrogens is 238 g/mol. The molecule has 0 unspecified atom stereocenters. The SMILES string of the molecule is CNCC1(C(=O)c2ccc3c(c2)CCCO3)CCC1. The van der Waals surface area contributed by atoms with E-state index in [1.807, 2.05) is 25.2 Å². The lowest BCUT2D eigenvalue weighted by Gasteiger charge is -2.40. The largest absolute Gasteiger partial charge is 0.493 e. The van der Waals surface area contributed by atoms with Crippen LogP contribution in [-0.4, -0.2) is 26.0 Å². The molecule has 3 rings (SSSR count). The van der Waals surface area contributed by atoms with Gasteiger partial charge in [-0.3, -0.25) is 4.79 Å². The summed E-state index contributed by atoms with van der Waals surface area (Å²) >= 11 is 0. The molecule has 3 nitrogen and oxygen atoms in total. The zero-order valence-corrected chi connectivity index (χ0v) is 11.5. The molecule has 102 valence electrons. The van der Waals surface area contributed by atoms with Crippen LogP contribution >= 0.6 is 0 Å². The smallest absolute Gasteiger partial charge is 0.170 e. The van der Waals surface area contributed by atoms with Crippen molar-refractivity contribution in [1.29, 1.82) is 0 Å². The lowest BCUT2D eigenvalue weighted by Crippen LogP contribution is -2.45. The molecular formula is C16H21NO2. The van der Waals surface area contributed by atoms with Crippen molar-refractivity contribution in [1.82, 2.24) is 5.32 Å². The van der Waals surface area contributed by atoms with Crippen molar-refractivity contribution in [2.45, 2.75) is 32.1 Å². The molecule has 1 N–H and O–H groups in total. The van der Waals surface area contributed by atoms with Gasteiger partial charge in [-0.2, -0.15) is 0 Å². The number of nitrogens with one attached hydrogen (secondary N) is 1. The number of ether oxygens (including phenoxy) is 1. The number of benzene rings is 1. The van der Waals surface area contributed by atoms with Gasteiger partial charge in [0.2, 0.25) is 0 Å². The molecule has 3 heteroatoms. The second-order valence-electron chi connectivity index (χ2n) is 5.77. The summed E-state index contributed by atoms with van der Waals surface area (Å²) in [6.07, 6.45) is 5.27. The van der Waals surface area contributed by atoms with Crippen LogP contribution < -0.4 is 10.1 Å². The van der Waals surface area contributed by atoms with E-state index in [1.54, 1.807) is 0 Å². The number of Topliss-reactive ketones (excluding diaryl/α,β-unsaturated/α-hetero) is 1. The molecule has 1 aromatic rings. The summed E-state index contributed by atoms with van der Waals surface area (Å²) in [5.41, 5.74) is 1.90. The summed E-state index contributed by atoms with van der Waals surface area (Å²) in [6, 6.07) is 5.95. The summed E-state index contributed by atoms with van der Waals surface area (Å²) < 4.78 is 5.61. The number of carbonyl (C=O) groups is 1. The minimum Gasteiger partial charge on any atom is -0.493 e. The molecule has 0 bridgehead atoms. The first-order valence-corrected chi connectivity index (χ1v) is 7.20. The minimum absolute atomic E-state index is 0.154. The van der Waals surface area contributed by atoms with Crippen molar-refractivity contribution in [3.63, 3.8) is 0 Å². The van der Waals surface area contributed by atoms with E-state index in [0.29, 0.717) is 5.78 Å². The fourth-order valence-corrected chi connectivity index (χ4v) is 3.23. The summed E-state index contributed by atoms with van der Waals surface area (Å²) in [5, 5.41) is 3.18. The summed E-state index contributed by atoms with van der Waals surface area (Å²) in [5.74, 6) is 1.26. The Balaban J connectivity index is 1.87. The van der Waals surface area contributed by atoms with Crippen LogP contribution in [0.3, 0.4) is 0 Å². The third-order valence-electron chi connectivity index (χ3n) is 4.48. The van der Waals surface area contributed by atoms with E-state index in [-0.39, 0.29) is 5.41 Å². The lowest BCUT2D eigenvalue weighted by molar-refractivity contribution is 0.0614. The number of hydrogen-bond acceptors (Lipinski definition) is 3. The maximum atomic E-state index is 12.7. The molecule has 1 heterocycles. The average molecular weight is 259 g/mol. The first-order valence-electron chi connectivity index (χ1n) is 7.20. The van der Waals surface area contributed by atoms with Gasteiger partial charge in [-0.25, -0.2) is 0 Å². The van der Waals surface area contributed by atoms with Crippen LogP contribution in [0, 0.1) is 5.41 Å². The molecule has 0 amide bonds. The second-order valence-corrected chi connectivity index (χ2v) is 5.77. The number of hydrogen-bond donors (Lipinski definition) is 1. The normalized spacial score (nSPS) is 20.1. The van der Waals surface area contributed by atoms with E-state index >= 15 is 0 Å². The van der Waals surface area contributed by atoms with Gasteiger partial charge in [-0.1, -0.05) is 6.42 Å². The van der Waals surface area contributed by atoms with Crippen molar-refractivity contribution in [3.05, 3.63) is 29.3 Å². The Morgan fingerprint density at radius 2 is 2.21 bits per heavy atom. The van der Waals surface area contributed by atoms with Crippen LogP contribution in [0.25, 0.3) is 0 Å². The van der Waals surface area contributed by atoms with Crippen LogP contribution in [0.1, 0.15) is 41.6 Å². The van der Waals surface area contributed by atoms with Gasteiger partial charge in [-0.15, -0.1) is 0 Å². The Labute approximate surface area is 114 Å². The van der Waals surface area contributed by atoms with E-state index in [2.05, 4.69) is 5.32 Å². The molecule has 19 heavy (non-hydrogen) atoms. The van der Waals surface area contributed by atoms with E-state index < -0.39 is 0 Å². The highest BCUT2D eigenvalue weighted by atomic mass is 16.5. The Morgan fingerprint density at radius 1 is 1.37 bits per heavy atom. The van der Waals surface area contributed by atoms with Crippen molar-refractivity contribution in [2.75, 3.05) is 20.2 Å². The standard InChI is InChI=1S/C16H21NO2/c1-17-11-16(7-3-8-16)15(18)13-5-6-14-12(10-13)4-2-9-19-14/h5-6,10,17H,2-4,7-9,11H2,1H3. The number of aryl methyl sites for hydroxylation is 1. The molecule has 1 aliphatic heterocycles. The second kappa shape index (κ2) is 4.97. The van der Waals surface area contributed by atoms with Gasteiger partial charge in [0.25, 0.3) is 0 Å². The Bertz CT molecular complexity index is 492. The van der Waals surface area contributed by atoms with Crippen LogP contribution in [-0.2, 0) is 6.42 Å². The zero-order valence-electron chi connectivity index (χ0n) is 11.5. The Kier molecular flexibility index (Phi) is 3.31. The molecule has 1 saturated carbocycles. The summed E-state index contributed by atoms with van der Waals surface area (Å²) in [7, 11) is 1.92. The van der Waals surface area contributed by atoms with Gasteiger partial charge in [0, 0.05) is 17.5 Å². The quantitative estimate of drug-likeness (QED) is 0.845. The first kappa shape index (κ1) is 12.7. The molecule has 1 aromatic carbocycles. The monoisotopic (exact) mass is 259 g/mol. The van der Waals surface area contributed by atoms with Gasteiger partial charge < -0.3 is 10.1 Å². The van der Waals surface area contributed by atoms with Crippen molar-refractivity contribution >= 4 is 5.78 Å². The van der Waals surface area contributed by atoms with Gasteiger partial charge in [-0.05, 0) is 56.5 Å². The highest BCUT2D eigenvalue weighted by Crippen LogP contribution is 2.43. The van der Waals surface area contributed by atoms with Crippen LogP contribution in [0.4, 0.5) is 0 Å². The first-order chi connectivity index (χ1) is 9.25. The minimum atomic E-state index is -0.154. The van der Waals surface area contributed by atoms with E-state index in [1.165, 1.54) is 12.0 Å². The molecule has 0 aromatic heterocycles. The maximum absolute atomic E-state index is 12.7. The van der Waals surface area contributed by atoms with Crippen molar-refractivity contribution in [3.8, 4) is 5.75 Å². The van der Waals surface area contributed by atoms with Gasteiger partial charge >= 0.3 is 0 Å². The number of carbonyl (C=O) groups excluding carboxylic acids is 1. The topological polar surface area (TPSA) is 38.3 Å². The van der Waals surface area contributed by atoms with Crippen molar-refractivity contribution < 1.29 is 9.53 Å². The lowest BCUT2D eigenvalue weighted by atomic mass is 9.64. The predicted molar refractivity (Wildman–Crippen MR) is 74.8 cm³/mol. The van der Waals surface area contributed by atoms with Gasteiger partial charge in [0.1, 0.15) is 5.75 Å². The van der Waals surface area contributed by atoms with E-state index in [9.17, 15) is 4.79 Å². The summed E-state index contributed by atoms with van der Waals surface area (Å²) in [4.78, 5) is 12.7. The fraction of sp³-hybridized carbons (Fsp3) is 0.562. The third-order valence-corrected chi connectivity index (χ3v) is 4.48. The Hall–Kier alpha value is -1.35. The molecule has 2 aliphatic rings. The van der Waals surface area contributed by atoms with E-state index in [4.69, 9.17) is 4.74 Å². The van der Waals surface area contributed by atoms with Gasteiger partial charge in [0.15, 0.2) is 5.78 Å². The maximum Gasteiger partial charge on any atom is 0.170 e. The summed E-state index contributed by atoms with van der Waals surface area (Å²) in [6.45, 7) is 1.59. The molecule has 0 spiro atoms. The van der Waals surface area contributed by atoms with Crippen LogP contribution in [0.15, 0.2) is 18.2 Å². The van der Waals surface area contributed by atoms with E-state index in [0.717, 1.165) is 50.1 Å². The van der Waals surface area contributed by atoms with Crippen molar-refractivity contribution in [2.24, 2.45) is 5.41 Å². The number of ketones is 1. The zero-order chi connectivity index (χ0) is 13.3. The number of fused-ring (bicyclic) bond motifs is 1. The Morgan fingerprint density at radius 3 is 2.89 bits per heavy atom. The highest BCUT2D eigenvalue weighted by molar-refractivity contribution is 6.01.